The number of anilines is 1. The molecule has 2 aromatic rings. The topological polar surface area (TPSA) is 114 Å². The highest BCUT2D eigenvalue weighted by Gasteiger charge is 2.31. The van der Waals surface area contributed by atoms with Crippen LogP contribution in [-0.4, -0.2) is 71.3 Å². The number of methoxy groups -OCH3 is 3. The number of sulfonamides is 1. The average molecular weight is 536 g/mol. The van der Waals surface area contributed by atoms with E-state index in [0.717, 1.165) is 22.5 Å². The van der Waals surface area contributed by atoms with Gasteiger partial charge in [0.1, 0.15) is 29.8 Å². The van der Waals surface area contributed by atoms with Crippen molar-refractivity contribution in [1.82, 2.24) is 10.2 Å². The first-order chi connectivity index (χ1) is 17.4. The van der Waals surface area contributed by atoms with Gasteiger partial charge in [-0.05, 0) is 50.1 Å². The summed E-state index contributed by atoms with van der Waals surface area (Å²) in [6.45, 7) is 5.01. The summed E-state index contributed by atoms with van der Waals surface area (Å²) < 4.78 is 42.4. The minimum atomic E-state index is -3.90. The van der Waals surface area contributed by atoms with Gasteiger partial charge in [-0.2, -0.15) is 0 Å². The summed E-state index contributed by atoms with van der Waals surface area (Å²) in [5.41, 5.74) is 0.936. The standard InChI is InChI=1S/C26H37N3O7S/c1-8-18(2)27-26(31)19(3)28(16-20-9-11-21(34-4)12-10-20)25(30)17-29(37(7,32)33)23-14-13-22(35-5)15-24(23)36-6/h9-15,18-19H,8,16-17H2,1-7H3,(H,27,31)/t18-,19-/m0/s1. The lowest BCUT2D eigenvalue weighted by molar-refractivity contribution is -0.139. The van der Waals surface area contributed by atoms with Gasteiger partial charge in [-0.15, -0.1) is 0 Å². The van der Waals surface area contributed by atoms with Gasteiger partial charge in [0.15, 0.2) is 0 Å². The highest BCUT2D eigenvalue weighted by Crippen LogP contribution is 2.33. The van der Waals surface area contributed by atoms with Crippen LogP contribution in [-0.2, 0) is 26.2 Å². The summed E-state index contributed by atoms with van der Waals surface area (Å²) in [6, 6.07) is 10.8. The Morgan fingerprint density at radius 3 is 2.05 bits per heavy atom. The van der Waals surface area contributed by atoms with Gasteiger partial charge in [-0.25, -0.2) is 8.42 Å². The average Bonchev–Trinajstić information content (AvgIpc) is 2.88. The van der Waals surface area contributed by atoms with Gasteiger partial charge in [0.25, 0.3) is 0 Å². The Balaban J connectivity index is 2.45. The van der Waals surface area contributed by atoms with E-state index in [2.05, 4.69) is 5.32 Å². The highest BCUT2D eigenvalue weighted by molar-refractivity contribution is 7.92. The van der Waals surface area contributed by atoms with Crippen LogP contribution >= 0.6 is 0 Å². The van der Waals surface area contributed by atoms with Crippen LogP contribution in [0.4, 0.5) is 5.69 Å². The van der Waals surface area contributed by atoms with E-state index in [-0.39, 0.29) is 29.9 Å². The maximum absolute atomic E-state index is 13.7. The largest absolute Gasteiger partial charge is 0.497 e. The summed E-state index contributed by atoms with van der Waals surface area (Å²) in [6.07, 6.45) is 1.74. The number of carbonyl (C=O) groups is 2. The van der Waals surface area contributed by atoms with Crippen LogP contribution in [0.3, 0.4) is 0 Å². The van der Waals surface area contributed by atoms with E-state index in [1.165, 1.54) is 31.3 Å². The number of hydrogen-bond donors (Lipinski definition) is 1. The number of nitrogens with one attached hydrogen (secondary N) is 1. The molecular weight excluding hydrogens is 498 g/mol. The summed E-state index contributed by atoms with van der Waals surface area (Å²) in [4.78, 5) is 28.0. The second kappa shape index (κ2) is 13.2. The van der Waals surface area contributed by atoms with E-state index in [1.807, 2.05) is 13.8 Å². The predicted octanol–water partition coefficient (Wildman–Crippen LogP) is 2.81. The lowest BCUT2D eigenvalue weighted by atomic mass is 10.1. The summed E-state index contributed by atoms with van der Waals surface area (Å²) in [5.74, 6) is 0.466. The predicted molar refractivity (Wildman–Crippen MR) is 143 cm³/mol. The Morgan fingerprint density at radius 2 is 1.54 bits per heavy atom. The molecular formula is C26H37N3O7S. The van der Waals surface area contributed by atoms with Gasteiger partial charge < -0.3 is 24.4 Å². The Hall–Kier alpha value is -3.47. The van der Waals surface area contributed by atoms with E-state index >= 15 is 0 Å². The molecule has 0 aliphatic carbocycles. The van der Waals surface area contributed by atoms with Crippen LogP contribution in [0.15, 0.2) is 42.5 Å². The van der Waals surface area contributed by atoms with Crippen LogP contribution in [0, 0.1) is 0 Å². The molecule has 0 saturated heterocycles. The van der Waals surface area contributed by atoms with E-state index in [4.69, 9.17) is 14.2 Å². The molecule has 2 atom stereocenters. The second-order valence-electron chi connectivity index (χ2n) is 8.67. The van der Waals surface area contributed by atoms with Gasteiger partial charge in [0.2, 0.25) is 21.8 Å². The molecule has 11 heteroatoms. The number of carbonyl (C=O) groups excluding carboxylic acids is 2. The molecule has 0 heterocycles. The molecule has 2 aromatic carbocycles. The maximum atomic E-state index is 13.7. The van der Waals surface area contributed by atoms with E-state index < -0.39 is 28.5 Å². The summed E-state index contributed by atoms with van der Waals surface area (Å²) >= 11 is 0. The van der Waals surface area contributed by atoms with Crippen molar-refractivity contribution in [3.05, 3.63) is 48.0 Å². The summed E-state index contributed by atoms with van der Waals surface area (Å²) in [7, 11) is 0.535. The molecule has 0 aliphatic rings. The molecule has 2 rings (SSSR count). The SMILES string of the molecule is CC[C@H](C)NC(=O)[C@H](C)N(Cc1ccc(OC)cc1)C(=O)CN(c1ccc(OC)cc1OC)S(C)(=O)=O. The fourth-order valence-electron chi connectivity index (χ4n) is 3.56. The molecule has 0 fully saturated rings. The van der Waals surface area contributed by atoms with Crippen LogP contribution in [0.1, 0.15) is 32.8 Å². The Kier molecular flexibility index (Phi) is 10.6. The molecule has 0 unspecified atom stereocenters. The summed E-state index contributed by atoms with van der Waals surface area (Å²) in [5, 5.41) is 2.90. The van der Waals surface area contributed by atoms with Crippen molar-refractivity contribution in [1.29, 1.82) is 0 Å². The third-order valence-electron chi connectivity index (χ3n) is 6.02. The van der Waals surface area contributed by atoms with E-state index in [9.17, 15) is 18.0 Å². The fraction of sp³-hybridized carbons (Fsp3) is 0.462. The van der Waals surface area contributed by atoms with E-state index in [0.29, 0.717) is 11.5 Å². The Morgan fingerprint density at radius 1 is 0.946 bits per heavy atom. The van der Waals surface area contributed by atoms with Gasteiger partial charge in [0.05, 0.1) is 33.3 Å². The Bertz CT molecular complexity index is 1170. The Labute approximate surface area is 219 Å². The third kappa shape index (κ3) is 8.01. The molecule has 0 radical (unpaired) electrons. The van der Waals surface area contributed by atoms with Crippen molar-refractivity contribution in [2.24, 2.45) is 0 Å². The zero-order valence-corrected chi connectivity index (χ0v) is 23.3. The highest BCUT2D eigenvalue weighted by atomic mass is 32.2. The molecule has 0 saturated carbocycles. The fourth-order valence-corrected chi connectivity index (χ4v) is 4.41. The monoisotopic (exact) mass is 535 g/mol. The van der Waals surface area contributed by atoms with Gasteiger partial charge in [-0.1, -0.05) is 19.1 Å². The second-order valence-corrected chi connectivity index (χ2v) is 10.6. The minimum absolute atomic E-state index is 0.0797. The molecule has 37 heavy (non-hydrogen) atoms. The number of rotatable bonds is 13. The number of ether oxygens (including phenoxy) is 3. The molecule has 0 aromatic heterocycles. The van der Waals surface area contributed by atoms with E-state index in [1.54, 1.807) is 44.4 Å². The normalized spacial score (nSPS) is 12.7. The van der Waals surface area contributed by atoms with Gasteiger partial charge in [0, 0.05) is 18.7 Å². The van der Waals surface area contributed by atoms with Gasteiger partial charge in [-0.3, -0.25) is 13.9 Å². The lowest BCUT2D eigenvalue weighted by Crippen LogP contribution is -2.52. The van der Waals surface area contributed by atoms with Crippen LogP contribution in [0.5, 0.6) is 17.2 Å². The van der Waals surface area contributed by atoms with Crippen molar-refractivity contribution in [2.45, 2.75) is 45.8 Å². The zero-order valence-electron chi connectivity index (χ0n) is 22.5. The molecule has 2 amide bonds. The minimum Gasteiger partial charge on any atom is -0.497 e. The van der Waals surface area contributed by atoms with Crippen molar-refractivity contribution in [3.8, 4) is 17.2 Å². The zero-order chi connectivity index (χ0) is 27.8. The van der Waals surface area contributed by atoms with Crippen molar-refractivity contribution in [3.63, 3.8) is 0 Å². The first kappa shape index (κ1) is 29.8. The number of nitrogens with zero attached hydrogens (tertiary/aromatic N) is 2. The molecule has 204 valence electrons. The molecule has 10 nitrogen and oxygen atoms in total. The first-order valence-corrected chi connectivity index (χ1v) is 13.7. The smallest absolute Gasteiger partial charge is 0.244 e. The van der Waals surface area contributed by atoms with Crippen molar-refractivity contribution in [2.75, 3.05) is 38.4 Å². The number of benzene rings is 2. The number of amides is 2. The quantitative estimate of drug-likeness (QED) is 0.419. The molecule has 0 spiro atoms. The van der Waals surface area contributed by atoms with Crippen LogP contribution in [0.2, 0.25) is 0 Å². The first-order valence-electron chi connectivity index (χ1n) is 11.9. The van der Waals surface area contributed by atoms with Crippen molar-refractivity contribution >= 4 is 27.5 Å². The van der Waals surface area contributed by atoms with Crippen molar-refractivity contribution < 1.29 is 32.2 Å². The maximum Gasteiger partial charge on any atom is 0.244 e. The molecule has 0 aliphatic heterocycles. The van der Waals surface area contributed by atoms with Crippen LogP contribution < -0.4 is 23.8 Å². The van der Waals surface area contributed by atoms with Crippen LogP contribution in [0.25, 0.3) is 0 Å². The molecule has 1 N–H and O–H groups in total. The number of hydrogen-bond acceptors (Lipinski definition) is 7. The lowest BCUT2D eigenvalue weighted by Gasteiger charge is -2.32. The molecule has 0 bridgehead atoms. The third-order valence-corrected chi connectivity index (χ3v) is 7.14. The van der Waals surface area contributed by atoms with Gasteiger partial charge >= 0.3 is 0 Å².